The lowest BCUT2D eigenvalue weighted by Gasteiger charge is -2.24. The molecule has 9 heteroatoms. The first-order chi connectivity index (χ1) is 16.0. The summed E-state index contributed by atoms with van der Waals surface area (Å²) in [6, 6.07) is 16.0. The van der Waals surface area contributed by atoms with Gasteiger partial charge in [-0.2, -0.15) is 4.31 Å². The second-order valence-electron chi connectivity index (χ2n) is 8.03. The topological polar surface area (TPSA) is 66.5 Å². The number of halogens is 2. The summed E-state index contributed by atoms with van der Waals surface area (Å²) in [7, 11) is -4.01. The molecule has 3 aromatic carbocycles. The average Bonchev–Trinajstić information content (AvgIpc) is 2.75. The van der Waals surface area contributed by atoms with Crippen molar-refractivity contribution in [2.75, 3.05) is 18.1 Å². The van der Waals surface area contributed by atoms with Crippen molar-refractivity contribution in [1.82, 2.24) is 4.31 Å². The SMILES string of the molecule is CSc1cccc(NC(=O)CN(Cc2ccc(Cl)c(Cl)c2)S(=O)(=O)c2c(C)cc(C)cc2C)c1. The Balaban J connectivity index is 1.97. The van der Waals surface area contributed by atoms with Gasteiger partial charge in [-0.25, -0.2) is 8.42 Å². The summed E-state index contributed by atoms with van der Waals surface area (Å²) in [4.78, 5) is 14.2. The molecule has 0 atom stereocenters. The molecule has 3 aromatic rings. The molecule has 0 heterocycles. The van der Waals surface area contributed by atoms with Gasteiger partial charge < -0.3 is 5.32 Å². The quantitative estimate of drug-likeness (QED) is 0.335. The molecule has 0 fully saturated rings. The van der Waals surface area contributed by atoms with Crippen molar-refractivity contribution in [3.8, 4) is 0 Å². The Labute approximate surface area is 215 Å². The van der Waals surface area contributed by atoms with E-state index in [0.717, 1.165) is 10.5 Å². The highest BCUT2D eigenvalue weighted by Gasteiger charge is 2.30. The number of aryl methyl sites for hydroxylation is 3. The number of hydrogen-bond donors (Lipinski definition) is 1. The molecular weight excluding hydrogens is 511 g/mol. The molecule has 1 amide bonds. The highest BCUT2D eigenvalue weighted by Crippen LogP contribution is 2.28. The first-order valence-electron chi connectivity index (χ1n) is 10.5. The monoisotopic (exact) mass is 536 g/mol. The van der Waals surface area contributed by atoms with Crippen molar-refractivity contribution < 1.29 is 13.2 Å². The number of hydrogen-bond acceptors (Lipinski definition) is 4. The van der Waals surface area contributed by atoms with Crippen LogP contribution in [0, 0.1) is 20.8 Å². The highest BCUT2D eigenvalue weighted by molar-refractivity contribution is 7.98. The minimum atomic E-state index is -4.01. The van der Waals surface area contributed by atoms with Gasteiger partial charge in [0.05, 0.1) is 21.5 Å². The van der Waals surface area contributed by atoms with Gasteiger partial charge in [0.25, 0.3) is 0 Å². The lowest BCUT2D eigenvalue weighted by Crippen LogP contribution is -2.38. The lowest BCUT2D eigenvalue weighted by molar-refractivity contribution is -0.116. The predicted molar refractivity (Wildman–Crippen MR) is 142 cm³/mol. The van der Waals surface area contributed by atoms with Crippen LogP contribution in [0.15, 0.2) is 64.4 Å². The Hall–Kier alpha value is -2.03. The van der Waals surface area contributed by atoms with Gasteiger partial charge in [-0.15, -0.1) is 11.8 Å². The van der Waals surface area contributed by atoms with E-state index < -0.39 is 15.9 Å². The number of nitrogens with zero attached hydrogens (tertiary/aromatic N) is 1. The Morgan fingerprint density at radius 1 is 0.971 bits per heavy atom. The fourth-order valence-electron chi connectivity index (χ4n) is 3.83. The van der Waals surface area contributed by atoms with Crippen LogP contribution in [0.1, 0.15) is 22.3 Å². The van der Waals surface area contributed by atoms with Crippen LogP contribution in [0.25, 0.3) is 0 Å². The summed E-state index contributed by atoms with van der Waals surface area (Å²) in [6.07, 6.45) is 1.94. The van der Waals surface area contributed by atoms with E-state index in [4.69, 9.17) is 23.2 Å². The Morgan fingerprint density at radius 2 is 1.65 bits per heavy atom. The molecule has 180 valence electrons. The molecule has 0 radical (unpaired) electrons. The molecule has 0 aliphatic rings. The van der Waals surface area contributed by atoms with Crippen LogP contribution in [0.4, 0.5) is 5.69 Å². The van der Waals surface area contributed by atoms with Crippen molar-refractivity contribution in [1.29, 1.82) is 0 Å². The zero-order valence-corrected chi connectivity index (χ0v) is 22.5. The van der Waals surface area contributed by atoms with Crippen molar-refractivity contribution in [3.63, 3.8) is 0 Å². The van der Waals surface area contributed by atoms with Crippen LogP contribution in [0.3, 0.4) is 0 Å². The minimum absolute atomic E-state index is 0.0375. The Morgan fingerprint density at radius 3 is 2.26 bits per heavy atom. The number of carbonyl (C=O) groups excluding carboxylic acids is 1. The third-order valence-corrected chi connectivity index (χ3v) is 8.78. The molecule has 0 unspecified atom stereocenters. The van der Waals surface area contributed by atoms with Gasteiger partial charge in [0, 0.05) is 17.1 Å². The van der Waals surface area contributed by atoms with E-state index in [0.29, 0.717) is 32.4 Å². The van der Waals surface area contributed by atoms with Crippen LogP contribution < -0.4 is 5.32 Å². The Kier molecular flexibility index (Phi) is 8.71. The second-order valence-corrected chi connectivity index (χ2v) is 11.6. The number of rotatable bonds is 8. The summed E-state index contributed by atoms with van der Waals surface area (Å²) < 4.78 is 28.8. The average molecular weight is 538 g/mol. The third kappa shape index (κ3) is 6.34. The molecule has 3 rings (SSSR count). The van der Waals surface area contributed by atoms with E-state index in [1.165, 1.54) is 4.31 Å². The third-order valence-electron chi connectivity index (χ3n) is 5.22. The van der Waals surface area contributed by atoms with Crippen LogP contribution in [-0.2, 0) is 21.4 Å². The molecule has 0 aromatic heterocycles. The fourth-order valence-corrected chi connectivity index (χ4v) is 6.41. The van der Waals surface area contributed by atoms with E-state index in [1.807, 2.05) is 43.5 Å². The highest BCUT2D eigenvalue weighted by atomic mass is 35.5. The zero-order valence-electron chi connectivity index (χ0n) is 19.4. The van der Waals surface area contributed by atoms with Crippen LogP contribution in [0.2, 0.25) is 10.0 Å². The largest absolute Gasteiger partial charge is 0.325 e. The van der Waals surface area contributed by atoms with E-state index in [-0.39, 0.29) is 18.0 Å². The maximum atomic E-state index is 13.8. The summed E-state index contributed by atoms with van der Waals surface area (Å²) in [6.45, 7) is 5.04. The molecule has 0 aliphatic heterocycles. The molecule has 5 nitrogen and oxygen atoms in total. The van der Waals surface area contributed by atoms with Gasteiger partial charge in [0.1, 0.15) is 0 Å². The molecule has 1 N–H and O–H groups in total. The number of sulfonamides is 1. The molecule has 0 aliphatic carbocycles. The van der Waals surface area contributed by atoms with Gasteiger partial charge in [-0.1, -0.05) is 53.0 Å². The number of anilines is 1. The van der Waals surface area contributed by atoms with Gasteiger partial charge in [-0.3, -0.25) is 4.79 Å². The second kappa shape index (κ2) is 11.1. The van der Waals surface area contributed by atoms with E-state index in [9.17, 15) is 13.2 Å². The van der Waals surface area contributed by atoms with Crippen LogP contribution >= 0.6 is 35.0 Å². The Bertz CT molecular complexity index is 1300. The summed E-state index contributed by atoms with van der Waals surface area (Å²) >= 11 is 13.7. The molecule has 34 heavy (non-hydrogen) atoms. The van der Waals surface area contributed by atoms with E-state index in [1.54, 1.807) is 49.9 Å². The van der Waals surface area contributed by atoms with Gasteiger partial charge in [0.15, 0.2) is 0 Å². The molecule has 0 saturated carbocycles. The number of thioether (sulfide) groups is 1. The van der Waals surface area contributed by atoms with E-state index in [2.05, 4.69) is 5.32 Å². The lowest BCUT2D eigenvalue weighted by atomic mass is 10.1. The maximum Gasteiger partial charge on any atom is 0.244 e. The van der Waals surface area contributed by atoms with Crippen LogP contribution in [-0.4, -0.2) is 31.4 Å². The normalized spacial score (nSPS) is 11.6. The summed E-state index contributed by atoms with van der Waals surface area (Å²) in [5.74, 6) is -0.440. The number of carbonyl (C=O) groups is 1. The van der Waals surface area contributed by atoms with Gasteiger partial charge in [0.2, 0.25) is 15.9 Å². The zero-order chi connectivity index (χ0) is 25.0. The standard InChI is InChI=1S/C25H26Cl2N2O3S2/c1-16-10-17(2)25(18(3)11-16)34(31,32)29(14-19-8-9-22(26)23(27)12-19)15-24(30)28-20-6-5-7-21(13-20)33-4/h5-13H,14-15H2,1-4H3,(H,28,30). The van der Waals surface area contributed by atoms with Gasteiger partial charge in [-0.05, 0) is 74.0 Å². The van der Waals surface area contributed by atoms with Crippen molar-refractivity contribution >= 4 is 56.6 Å². The number of amides is 1. The van der Waals surface area contributed by atoms with Crippen molar-refractivity contribution in [2.45, 2.75) is 37.1 Å². The maximum absolute atomic E-state index is 13.8. The molecular formula is C25H26Cl2N2O3S2. The van der Waals surface area contributed by atoms with E-state index >= 15 is 0 Å². The minimum Gasteiger partial charge on any atom is -0.325 e. The summed E-state index contributed by atoms with van der Waals surface area (Å²) in [5, 5.41) is 3.50. The smallest absolute Gasteiger partial charge is 0.244 e. The van der Waals surface area contributed by atoms with Crippen molar-refractivity contribution in [2.24, 2.45) is 0 Å². The molecule has 0 bridgehead atoms. The molecule has 0 spiro atoms. The fraction of sp³-hybridized carbons (Fsp3) is 0.240. The van der Waals surface area contributed by atoms with Gasteiger partial charge >= 0.3 is 0 Å². The first-order valence-corrected chi connectivity index (χ1v) is 13.9. The summed E-state index contributed by atoms with van der Waals surface area (Å²) in [5.41, 5.74) is 3.45. The first kappa shape index (κ1) is 26.6. The van der Waals surface area contributed by atoms with Crippen LogP contribution in [0.5, 0.6) is 0 Å². The number of nitrogens with one attached hydrogen (secondary N) is 1. The predicted octanol–water partition coefficient (Wildman–Crippen LogP) is 6.47. The van der Waals surface area contributed by atoms with Crippen molar-refractivity contribution in [3.05, 3.63) is 86.9 Å². The number of benzene rings is 3. The molecule has 0 saturated heterocycles.